The van der Waals surface area contributed by atoms with Crippen LogP contribution in [0.2, 0.25) is 0 Å². The maximum absolute atomic E-state index is 11.9. The molecule has 0 aromatic heterocycles. The Morgan fingerprint density at radius 1 is 1.41 bits per heavy atom. The number of piperidine rings is 1. The minimum Gasteiger partial charge on any atom is -0.355 e. The quantitative estimate of drug-likeness (QED) is 0.637. The van der Waals surface area contributed by atoms with Crippen LogP contribution in [0.3, 0.4) is 0 Å². The highest BCUT2D eigenvalue weighted by molar-refractivity contribution is 5.89. The van der Waals surface area contributed by atoms with Crippen LogP contribution in [0.25, 0.3) is 0 Å². The summed E-state index contributed by atoms with van der Waals surface area (Å²) in [6, 6.07) is 0.206. The van der Waals surface area contributed by atoms with E-state index in [-0.39, 0.29) is 36.2 Å². The number of carbonyl (C=O) groups excluding carboxylic acids is 2. The Morgan fingerprint density at radius 2 is 2.18 bits per heavy atom. The summed E-state index contributed by atoms with van der Waals surface area (Å²) in [5.41, 5.74) is 0. The number of halogens is 1. The molecule has 0 saturated carbocycles. The van der Waals surface area contributed by atoms with Gasteiger partial charge in [0.1, 0.15) is 0 Å². The Balaban J connectivity index is 0.00000144. The fourth-order valence-corrected chi connectivity index (χ4v) is 2.27. The van der Waals surface area contributed by atoms with Gasteiger partial charge in [0, 0.05) is 25.6 Å². The Kier molecular flexibility index (Phi) is 5.21. The van der Waals surface area contributed by atoms with Crippen LogP contribution >= 0.6 is 12.4 Å². The summed E-state index contributed by atoms with van der Waals surface area (Å²) in [5, 5.41) is 8.99. The second kappa shape index (κ2) is 6.21. The van der Waals surface area contributed by atoms with Crippen LogP contribution < -0.4 is 16.0 Å². The van der Waals surface area contributed by atoms with E-state index in [1.807, 2.05) is 0 Å². The SMILES string of the molecule is CC1CCNCC1NC(=O)C1CNC(=O)C1.Cl. The van der Waals surface area contributed by atoms with Crippen LogP contribution in [0.1, 0.15) is 19.8 Å². The largest absolute Gasteiger partial charge is 0.355 e. The van der Waals surface area contributed by atoms with E-state index in [1.54, 1.807) is 0 Å². The van der Waals surface area contributed by atoms with Gasteiger partial charge >= 0.3 is 0 Å². The van der Waals surface area contributed by atoms with Gasteiger partial charge in [-0.25, -0.2) is 0 Å². The maximum Gasteiger partial charge on any atom is 0.225 e. The van der Waals surface area contributed by atoms with Crippen molar-refractivity contribution in [1.82, 2.24) is 16.0 Å². The lowest BCUT2D eigenvalue weighted by Gasteiger charge is -2.30. The molecule has 3 unspecified atom stereocenters. The van der Waals surface area contributed by atoms with E-state index in [1.165, 1.54) is 0 Å². The van der Waals surface area contributed by atoms with Gasteiger partial charge in [-0.05, 0) is 18.9 Å². The van der Waals surface area contributed by atoms with Crippen LogP contribution in [0.4, 0.5) is 0 Å². The molecule has 3 atom stereocenters. The number of hydrogen-bond donors (Lipinski definition) is 3. The van der Waals surface area contributed by atoms with Gasteiger partial charge in [-0.15, -0.1) is 12.4 Å². The van der Waals surface area contributed by atoms with Crippen molar-refractivity contribution in [2.45, 2.75) is 25.8 Å². The molecule has 2 fully saturated rings. The predicted molar refractivity (Wildman–Crippen MR) is 66.9 cm³/mol. The third-order valence-electron chi connectivity index (χ3n) is 3.50. The van der Waals surface area contributed by atoms with Crippen molar-refractivity contribution in [1.29, 1.82) is 0 Å². The summed E-state index contributed by atoms with van der Waals surface area (Å²) >= 11 is 0. The van der Waals surface area contributed by atoms with Crippen molar-refractivity contribution in [2.75, 3.05) is 19.6 Å². The van der Waals surface area contributed by atoms with E-state index in [0.29, 0.717) is 18.9 Å². The molecule has 2 aliphatic heterocycles. The van der Waals surface area contributed by atoms with Gasteiger partial charge in [0.2, 0.25) is 11.8 Å². The predicted octanol–water partition coefficient (Wildman–Crippen LogP) is -0.341. The van der Waals surface area contributed by atoms with Gasteiger partial charge in [0.15, 0.2) is 0 Å². The first-order chi connectivity index (χ1) is 7.66. The Bertz CT molecular complexity index is 298. The number of carbonyl (C=O) groups is 2. The molecule has 2 rings (SSSR count). The molecule has 0 aromatic rings. The van der Waals surface area contributed by atoms with E-state index in [0.717, 1.165) is 19.5 Å². The van der Waals surface area contributed by atoms with Crippen LogP contribution in [0.5, 0.6) is 0 Å². The zero-order valence-electron chi connectivity index (χ0n) is 9.99. The second-order valence-corrected chi connectivity index (χ2v) is 4.79. The van der Waals surface area contributed by atoms with E-state index in [2.05, 4.69) is 22.9 Å². The molecule has 0 aliphatic carbocycles. The molecule has 17 heavy (non-hydrogen) atoms. The lowest BCUT2D eigenvalue weighted by atomic mass is 9.94. The molecule has 2 amide bonds. The smallest absolute Gasteiger partial charge is 0.225 e. The Labute approximate surface area is 108 Å². The maximum atomic E-state index is 11.9. The summed E-state index contributed by atoms with van der Waals surface area (Å²) in [5.74, 6) is 0.325. The molecule has 2 heterocycles. The van der Waals surface area contributed by atoms with Crippen molar-refractivity contribution in [3.63, 3.8) is 0 Å². The van der Waals surface area contributed by atoms with Crippen LogP contribution in [-0.4, -0.2) is 37.5 Å². The van der Waals surface area contributed by atoms with Gasteiger partial charge in [-0.2, -0.15) is 0 Å². The summed E-state index contributed by atoms with van der Waals surface area (Å²) in [6.45, 7) is 4.50. The van der Waals surface area contributed by atoms with Crippen LogP contribution in [0.15, 0.2) is 0 Å². The fourth-order valence-electron chi connectivity index (χ4n) is 2.27. The number of nitrogens with one attached hydrogen (secondary N) is 3. The third kappa shape index (κ3) is 3.57. The van der Waals surface area contributed by atoms with Crippen molar-refractivity contribution in [2.24, 2.45) is 11.8 Å². The summed E-state index contributed by atoms with van der Waals surface area (Å²) in [6.07, 6.45) is 1.42. The van der Waals surface area contributed by atoms with Crippen molar-refractivity contribution >= 4 is 24.2 Å². The summed E-state index contributed by atoms with van der Waals surface area (Å²) in [7, 11) is 0. The van der Waals surface area contributed by atoms with Gasteiger partial charge in [0.25, 0.3) is 0 Å². The molecule has 0 aromatic carbocycles. The van der Waals surface area contributed by atoms with Gasteiger partial charge in [0.05, 0.1) is 5.92 Å². The molecule has 98 valence electrons. The molecule has 2 saturated heterocycles. The minimum atomic E-state index is -0.179. The Morgan fingerprint density at radius 3 is 2.76 bits per heavy atom. The topological polar surface area (TPSA) is 70.2 Å². The van der Waals surface area contributed by atoms with Crippen LogP contribution in [-0.2, 0) is 9.59 Å². The second-order valence-electron chi connectivity index (χ2n) is 4.79. The molecule has 3 N–H and O–H groups in total. The first kappa shape index (κ1) is 14.3. The highest BCUT2D eigenvalue weighted by Crippen LogP contribution is 2.14. The normalized spacial score (nSPS) is 32.5. The zero-order chi connectivity index (χ0) is 11.5. The van der Waals surface area contributed by atoms with Gasteiger partial charge < -0.3 is 16.0 Å². The van der Waals surface area contributed by atoms with Crippen molar-refractivity contribution in [3.8, 4) is 0 Å². The molecule has 0 spiro atoms. The molecule has 6 heteroatoms. The van der Waals surface area contributed by atoms with Crippen LogP contribution in [0, 0.1) is 11.8 Å². The highest BCUT2D eigenvalue weighted by Gasteiger charge is 2.30. The molecule has 0 bridgehead atoms. The Hall–Kier alpha value is -0.810. The number of amides is 2. The van der Waals surface area contributed by atoms with E-state index in [9.17, 15) is 9.59 Å². The standard InChI is InChI=1S/C11H19N3O2.ClH/c1-7-2-3-12-6-9(7)14-11(16)8-4-10(15)13-5-8;/h7-9,12H,2-6H2,1H3,(H,13,15)(H,14,16);1H. The highest BCUT2D eigenvalue weighted by atomic mass is 35.5. The average Bonchev–Trinajstić information content (AvgIpc) is 2.68. The lowest BCUT2D eigenvalue weighted by molar-refractivity contribution is -0.127. The van der Waals surface area contributed by atoms with E-state index < -0.39 is 0 Å². The molecular formula is C11H20ClN3O2. The molecule has 2 aliphatic rings. The van der Waals surface area contributed by atoms with Gasteiger partial charge in [-0.3, -0.25) is 9.59 Å². The molecule has 0 radical (unpaired) electrons. The zero-order valence-corrected chi connectivity index (χ0v) is 10.8. The number of rotatable bonds is 2. The fraction of sp³-hybridized carbons (Fsp3) is 0.818. The molecule has 5 nitrogen and oxygen atoms in total. The average molecular weight is 262 g/mol. The first-order valence-electron chi connectivity index (χ1n) is 5.94. The third-order valence-corrected chi connectivity index (χ3v) is 3.50. The van der Waals surface area contributed by atoms with Crippen molar-refractivity contribution < 1.29 is 9.59 Å². The minimum absolute atomic E-state index is 0. The molecular weight excluding hydrogens is 242 g/mol. The monoisotopic (exact) mass is 261 g/mol. The van der Waals surface area contributed by atoms with Gasteiger partial charge in [-0.1, -0.05) is 6.92 Å². The summed E-state index contributed by atoms with van der Waals surface area (Å²) < 4.78 is 0. The first-order valence-corrected chi connectivity index (χ1v) is 5.94. The summed E-state index contributed by atoms with van der Waals surface area (Å²) in [4.78, 5) is 22.9. The van der Waals surface area contributed by atoms with Crippen molar-refractivity contribution in [3.05, 3.63) is 0 Å². The number of hydrogen-bond acceptors (Lipinski definition) is 3. The van der Waals surface area contributed by atoms with E-state index in [4.69, 9.17) is 0 Å². The van der Waals surface area contributed by atoms with E-state index >= 15 is 0 Å². The lowest BCUT2D eigenvalue weighted by Crippen LogP contribution is -2.51.